The number of nitrogens with two attached hydrogens (primary N) is 4. The summed E-state index contributed by atoms with van der Waals surface area (Å²) in [6, 6.07) is -1.78. The summed E-state index contributed by atoms with van der Waals surface area (Å²) in [4.78, 5) is 20.3. The number of aliphatic hydroxyl groups is 2. The Morgan fingerprint density at radius 2 is 1.00 bits per heavy atom. The third-order valence-electron chi connectivity index (χ3n) is 2.80. The lowest BCUT2D eigenvalue weighted by atomic mass is 10.1. The predicted molar refractivity (Wildman–Crippen MR) is 79.8 cm³/mol. The fourth-order valence-corrected chi connectivity index (χ4v) is 1.23. The second-order valence-electron chi connectivity index (χ2n) is 4.82. The maximum Gasteiger partial charge on any atom is 0.320 e. The molecule has 4 atom stereocenters. The van der Waals surface area contributed by atoms with E-state index < -0.39 is 36.2 Å². The molecule has 12 N–H and O–H groups in total. The smallest absolute Gasteiger partial charge is 0.320 e. The number of carboxylic acids is 2. The molecule has 0 aliphatic heterocycles. The lowest BCUT2D eigenvalue weighted by Gasteiger charge is -2.09. The van der Waals surface area contributed by atoms with Crippen molar-refractivity contribution in [3.8, 4) is 0 Å². The minimum Gasteiger partial charge on any atom is -0.480 e. The van der Waals surface area contributed by atoms with E-state index >= 15 is 0 Å². The third kappa shape index (κ3) is 13.7. The van der Waals surface area contributed by atoms with Gasteiger partial charge in [0, 0.05) is 13.1 Å². The molecular weight excluding hydrogens is 296 g/mol. The van der Waals surface area contributed by atoms with Crippen molar-refractivity contribution in [2.75, 3.05) is 13.1 Å². The summed E-state index contributed by atoms with van der Waals surface area (Å²) in [7, 11) is 0. The first-order valence-corrected chi connectivity index (χ1v) is 6.88. The van der Waals surface area contributed by atoms with Gasteiger partial charge in [0.25, 0.3) is 0 Å². The lowest BCUT2D eigenvalue weighted by Crippen LogP contribution is -2.32. The standard InChI is InChI=1S/2C6H14N2O3/c2*7-3-4(9)1-2-5(8)6(10)11/h2*4-5,9H,1-3,7-8H2,(H,10,11)/t2*4-,5+/m11/s1. The summed E-state index contributed by atoms with van der Waals surface area (Å²) < 4.78 is 0. The molecule has 0 aromatic carbocycles. The second-order valence-corrected chi connectivity index (χ2v) is 4.82. The van der Waals surface area contributed by atoms with Crippen molar-refractivity contribution in [3.05, 3.63) is 0 Å². The minimum atomic E-state index is -1.05. The van der Waals surface area contributed by atoms with Crippen LogP contribution < -0.4 is 22.9 Å². The van der Waals surface area contributed by atoms with E-state index in [-0.39, 0.29) is 25.9 Å². The summed E-state index contributed by atoms with van der Waals surface area (Å²) in [5.41, 5.74) is 20.5. The van der Waals surface area contributed by atoms with Crippen LogP contribution >= 0.6 is 0 Å². The molecule has 0 aromatic heterocycles. The SMILES string of the molecule is NC[C@H](O)CC[C@H](N)C(=O)O.NC[C@H](O)CC[C@H](N)C(=O)O. The molecule has 0 bridgehead atoms. The van der Waals surface area contributed by atoms with Gasteiger partial charge in [-0.3, -0.25) is 9.59 Å². The zero-order chi connectivity index (χ0) is 17.7. The van der Waals surface area contributed by atoms with Crippen LogP contribution in [-0.2, 0) is 9.59 Å². The molecule has 0 unspecified atom stereocenters. The highest BCUT2D eigenvalue weighted by atomic mass is 16.4. The van der Waals surface area contributed by atoms with Crippen LogP contribution in [0.25, 0.3) is 0 Å². The maximum absolute atomic E-state index is 10.2. The molecule has 0 saturated heterocycles. The first-order valence-electron chi connectivity index (χ1n) is 6.88. The number of carbonyl (C=O) groups is 2. The normalized spacial score (nSPS) is 15.9. The molecule has 0 fully saturated rings. The zero-order valence-electron chi connectivity index (χ0n) is 12.5. The topological polar surface area (TPSA) is 219 Å². The quantitative estimate of drug-likeness (QED) is 0.203. The van der Waals surface area contributed by atoms with E-state index in [1.165, 1.54) is 0 Å². The van der Waals surface area contributed by atoms with Crippen LogP contribution in [0.4, 0.5) is 0 Å². The zero-order valence-corrected chi connectivity index (χ0v) is 12.5. The van der Waals surface area contributed by atoms with Gasteiger partial charge < -0.3 is 43.4 Å². The summed E-state index contributed by atoms with van der Waals surface area (Å²) in [6.45, 7) is 0.290. The lowest BCUT2D eigenvalue weighted by molar-refractivity contribution is -0.139. The van der Waals surface area contributed by atoms with Gasteiger partial charge in [0.1, 0.15) is 12.1 Å². The molecule has 0 aliphatic carbocycles. The van der Waals surface area contributed by atoms with Crippen molar-refractivity contribution in [1.29, 1.82) is 0 Å². The van der Waals surface area contributed by atoms with Crippen molar-refractivity contribution < 1.29 is 30.0 Å². The Hall–Kier alpha value is -1.30. The average molecular weight is 324 g/mol. The minimum absolute atomic E-state index is 0.145. The van der Waals surface area contributed by atoms with Crippen LogP contribution in [-0.4, -0.2) is 69.7 Å². The molecule has 22 heavy (non-hydrogen) atoms. The van der Waals surface area contributed by atoms with Crippen LogP contribution in [0.15, 0.2) is 0 Å². The van der Waals surface area contributed by atoms with Crippen LogP contribution in [0.5, 0.6) is 0 Å². The first kappa shape index (κ1) is 23.0. The van der Waals surface area contributed by atoms with Gasteiger partial charge in [-0.05, 0) is 25.7 Å². The van der Waals surface area contributed by atoms with Crippen molar-refractivity contribution in [2.45, 2.75) is 50.0 Å². The number of hydrogen-bond acceptors (Lipinski definition) is 8. The molecule has 0 saturated carbocycles. The molecular formula is C12H28N4O6. The number of hydrogen-bond donors (Lipinski definition) is 8. The molecule has 0 spiro atoms. The summed E-state index contributed by atoms with van der Waals surface area (Å²) in [5.74, 6) is -2.09. The molecule has 0 radical (unpaired) electrons. The number of aliphatic carboxylic acids is 2. The Kier molecular flexibility index (Phi) is 14.0. The molecule has 10 nitrogen and oxygen atoms in total. The fourth-order valence-electron chi connectivity index (χ4n) is 1.23. The maximum atomic E-state index is 10.2. The largest absolute Gasteiger partial charge is 0.480 e. The second kappa shape index (κ2) is 13.4. The van der Waals surface area contributed by atoms with Gasteiger partial charge in [-0.15, -0.1) is 0 Å². The number of aliphatic hydroxyl groups excluding tert-OH is 2. The van der Waals surface area contributed by atoms with Crippen molar-refractivity contribution in [1.82, 2.24) is 0 Å². The number of rotatable bonds is 10. The van der Waals surface area contributed by atoms with Crippen LogP contribution in [0.2, 0.25) is 0 Å². The van der Waals surface area contributed by atoms with Gasteiger partial charge >= 0.3 is 11.9 Å². The predicted octanol–water partition coefficient (Wildman–Crippen LogP) is -3.00. The Balaban J connectivity index is 0. The van der Waals surface area contributed by atoms with Crippen LogP contribution in [0.1, 0.15) is 25.7 Å². The monoisotopic (exact) mass is 324 g/mol. The first-order chi connectivity index (χ1) is 10.1. The highest BCUT2D eigenvalue weighted by Gasteiger charge is 2.13. The van der Waals surface area contributed by atoms with E-state index in [1.807, 2.05) is 0 Å². The van der Waals surface area contributed by atoms with Crippen LogP contribution in [0, 0.1) is 0 Å². The van der Waals surface area contributed by atoms with Crippen LogP contribution in [0.3, 0.4) is 0 Å². The fraction of sp³-hybridized carbons (Fsp3) is 0.833. The molecule has 0 amide bonds. The van der Waals surface area contributed by atoms with E-state index in [4.69, 9.17) is 43.4 Å². The van der Waals surface area contributed by atoms with E-state index in [9.17, 15) is 9.59 Å². The van der Waals surface area contributed by atoms with Crippen molar-refractivity contribution >= 4 is 11.9 Å². The van der Waals surface area contributed by atoms with Gasteiger partial charge in [-0.2, -0.15) is 0 Å². The molecule has 0 aromatic rings. The Bertz CT molecular complexity index is 288. The molecule has 0 rings (SSSR count). The Morgan fingerprint density at radius 1 is 0.727 bits per heavy atom. The Labute approximate surface area is 129 Å². The Morgan fingerprint density at radius 3 is 1.18 bits per heavy atom. The van der Waals surface area contributed by atoms with Gasteiger partial charge in [0.2, 0.25) is 0 Å². The van der Waals surface area contributed by atoms with E-state index in [1.54, 1.807) is 0 Å². The molecule has 132 valence electrons. The van der Waals surface area contributed by atoms with Gasteiger partial charge in [0.05, 0.1) is 12.2 Å². The summed E-state index contributed by atoms with van der Waals surface area (Å²) in [6.07, 6.45) is -0.0872. The van der Waals surface area contributed by atoms with Gasteiger partial charge in [-0.25, -0.2) is 0 Å². The van der Waals surface area contributed by atoms with Crippen molar-refractivity contribution in [3.63, 3.8) is 0 Å². The molecule has 0 heterocycles. The summed E-state index contributed by atoms with van der Waals surface area (Å²) >= 11 is 0. The summed E-state index contributed by atoms with van der Waals surface area (Å²) in [5, 5.41) is 34.5. The van der Waals surface area contributed by atoms with E-state index in [0.717, 1.165) is 0 Å². The molecule has 10 heteroatoms. The molecule has 0 aliphatic rings. The van der Waals surface area contributed by atoms with E-state index in [2.05, 4.69) is 0 Å². The average Bonchev–Trinajstić information content (AvgIpc) is 2.49. The van der Waals surface area contributed by atoms with E-state index in [0.29, 0.717) is 12.8 Å². The van der Waals surface area contributed by atoms with Gasteiger partial charge in [0.15, 0.2) is 0 Å². The third-order valence-corrected chi connectivity index (χ3v) is 2.80. The van der Waals surface area contributed by atoms with Gasteiger partial charge in [-0.1, -0.05) is 0 Å². The highest BCUT2D eigenvalue weighted by Crippen LogP contribution is 1.99. The highest BCUT2D eigenvalue weighted by molar-refractivity contribution is 5.73. The van der Waals surface area contributed by atoms with Crippen molar-refractivity contribution in [2.24, 2.45) is 22.9 Å². The number of carboxylic acid groups (broad SMARTS) is 2.